The number of nitrogens with zero attached hydrogens (tertiary/aromatic N) is 2. The lowest BCUT2D eigenvalue weighted by atomic mass is 10.1. The zero-order valence-electron chi connectivity index (χ0n) is 13.4. The van der Waals surface area contributed by atoms with Crippen molar-refractivity contribution in [2.45, 2.75) is 6.42 Å². The molecule has 2 N–H and O–H groups in total. The number of hydrogen-bond donors (Lipinski definition) is 2. The molecule has 0 aliphatic heterocycles. The van der Waals surface area contributed by atoms with E-state index < -0.39 is 0 Å². The van der Waals surface area contributed by atoms with Gasteiger partial charge in [-0.05, 0) is 30.2 Å². The molecule has 1 aromatic heterocycles. The minimum atomic E-state index is -0.289. The molecule has 0 aliphatic carbocycles. The Morgan fingerprint density at radius 3 is 2.36 bits per heavy atom. The van der Waals surface area contributed by atoms with Gasteiger partial charge in [0, 0.05) is 24.6 Å². The van der Waals surface area contributed by atoms with Crippen LogP contribution >= 0.6 is 0 Å². The van der Waals surface area contributed by atoms with Crippen molar-refractivity contribution in [2.75, 3.05) is 11.9 Å². The molecule has 1 heterocycles. The lowest BCUT2D eigenvalue weighted by molar-refractivity contribution is 0.0953. The smallest absolute Gasteiger partial charge is 0.254 e. The van der Waals surface area contributed by atoms with Crippen LogP contribution in [0.3, 0.4) is 0 Å². The molecule has 0 unspecified atom stereocenters. The molecule has 0 spiro atoms. The highest BCUT2D eigenvalue weighted by Crippen LogP contribution is 2.11. The number of rotatable bonds is 6. The lowest BCUT2D eigenvalue weighted by Crippen LogP contribution is -2.26. The maximum absolute atomic E-state index is 13.5. The molecule has 3 aromatic rings. The van der Waals surface area contributed by atoms with E-state index in [4.69, 9.17) is 0 Å². The van der Waals surface area contributed by atoms with Crippen molar-refractivity contribution in [3.05, 3.63) is 83.9 Å². The van der Waals surface area contributed by atoms with Crippen molar-refractivity contribution in [3.63, 3.8) is 0 Å². The Hall–Kier alpha value is -3.28. The summed E-state index contributed by atoms with van der Waals surface area (Å²) in [6.45, 7) is 0.337. The third kappa shape index (κ3) is 4.60. The van der Waals surface area contributed by atoms with Gasteiger partial charge in [0.15, 0.2) is 0 Å². The second kappa shape index (κ2) is 8.01. The molecular formula is C19H17FN4O. The molecule has 0 fully saturated rings. The van der Waals surface area contributed by atoms with Crippen molar-refractivity contribution in [3.8, 4) is 0 Å². The standard InChI is InChI=1S/C19H17FN4O/c20-17-9-5-4-6-14(17)10-11-21-18(25)15-12-22-19(23-13-15)24-16-7-2-1-3-8-16/h1-9,12-13H,10-11H2,(H,21,25)(H,22,23,24). The van der Waals surface area contributed by atoms with Crippen LogP contribution < -0.4 is 10.6 Å². The first-order chi connectivity index (χ1) is 12.2. The van der Waals surface area contributed by atoms with Crippen molar-refractivity contribution < 1.29 is 9.18 Å². The Bertz CT molecular complexity index is 838. The summed E-state index contributed by atoms with van der Waals surface area (Å²) in [5.74, 6) is -0.145. The van der Waals surface area contributed by atoms with Gasteiger partial charge in [-0.15, -0.1) is 0 Å². The summed E-state index contributed by atoms with van der Waals surface area (Å²) in [5.41, 5.74) is 1.79. The molecule has 25 heavy (non-hydrogen) atoms. The Labute approximate surface area is 145 Å². The van der Waals surface area contributed by atoms with Crippen LogP contribution in [0.4, 0.5) is 16.0 Å². The molecule has 0 aliphatic rings. The van der Waals surface area contributed by atoms with Crippen LogP contribution in [-0.2, 0) is 6.42 Å². The molecule has 0 saturated heterocycles. The highest BCUT2D eigenvalue weighted by molar-refractivity contribution is 5.93. The number of benzene rings is 2. The molecular weight excluding hydrogens is 319 g/mol. The van der Waals surface area contributed by atoms with Gasteiger partial charge in [0.1, 0.15) is 5.82 Å². The van der Waals surface area contributed by atoms with Crippen LogP contribution in [0.25, 0.3) is 0 Å². The summed E-state index contributed by atoms with van der Waals surface area (Å²) in [7, 11) is 0. The first kappa shape index (κ1) is 16.6. The molecule has 0 bridgehead atoms. The molecule has 3 rings (SSSR count). The summed E-state index contributed by atoms with van der Waals surface area (Å²) < 4.78 is 13.5. The highest BCUT2D eigenvalue weighted by Gasteiger charge is 2.08. The first-order valence-electron chi connectivity index (χ1n) is 7.88. The fourth-order valence-electron chi connectivity index (χ4n) is 2.27. The normalized spacial score (nSPS) is 10.3. The van der Waals surface area contributed by atoms with Crippen LogP contribution in [0.1, 0.15) is 15.9 Å². The van der Waals surface area contributed by atoms with Gasteiger partial charge in [-0.1, -0.05) is 36.4 Å². The summed E-state index contributed by atoms with van der Waals surface area (Å²) in [4.78, 5) is 20.3. The fraction of sp³-hybridized carbons (Fsp3) is 0.105. The van der Waals surface area contributed by atoms with Gasteiger partial charge in [0.25, 0.3) is 5.91 Å². The predicted octanol–water partition coefficient (Wildman–Crippen LogP) is 3.33. The minimum Gasteiger partial charge on any atom is -0.352 e. The van der Waals surface area contributed by atoms with Crippen molar-refractivity contribution in [1.82, 2.24) is 15.3 Å². The molecule has 0 radical (unpaired) electrons. The Morgan fingerprint density at radius 1 is 0.960 bits per heavy atom. The van der Waals surface area contributed by atoms with E-state index in [-0.39, 0.29) is 11.7 Å². The van der Waals surface area contributed by atoms with Gasteiger partial charge in [-0.2, -0.15) is 0 Å². The lowest BCUT2D eigenvalue weighted by Gasteiger charge is -2.07. The van der Waals surface area contributed by atoms with Crippen molar-refractivity contribution in [1.29, 1.82) is 0 Å². The number of amides is 1. The molecule has 1 amide bonds. The molecule has 126 valence electrons. The number of carbonyl (C=O) groups excluding carboxylic acids is 1. The summed E-state index contributed by atoms with van der Waals surface area (Å²) in [6, 6.07) is 16.0. The summed E-state index contributed by atoms with van der Waals surface area (Å²) in [5, 5.41) is 5.78. The van der Waals surface area contributed by atoms with Gasteiger partial charge in [0.05, 0.1) is 5.56 Å². The Balaban J connectivity index is 1.53. The van der Waals surface area contributed by atoms with E-state index in [2.05, 4.69) is 20.6 Å². The summed E-state index contributed by atoms with van der Waals surface area (Å²) >= 11 is 0. The predicted molar refractivity (Wildman–Crippen MR) is 94.2 cm³/mol. The number of aromatic nitrogens is 2. The number of hydrogen-bond acceptors (Lipinski definition) is 4. The maximum Gasteiger partial charge on any atom is 0.254 e. The fourth-order valence-corrected chi connectivity index (χ4v) is 2.27. The van der Waals surface area contributed by atoms with Gasteiger partial charge in [-0.3, -0.25) is 4.79 Å². The van der Waals surface area contributed by atoms with E-state index in [1.165, 1.54) is 18.5 Å². The van der Waals surface area contributed by atoms with Crippen LogP contribution in [0.5, 0.6) is 0 Å². The van der Waals surface area contributed by atoms with E-state index >= 15 is 0 Å². The highest BCUT2D eigenvalue weighted by atomic mass is 19.1. The topological polar surface area (TPSA) is 66.9 Å². The number of nitrogens with one attached hydrogen (secondary N) is 2. The molecule has 2 aromatic carbocycles. The van der Waals surface area contributed by atoms with E-state index in [0.29, 0.717) is 30.0 Å². The number of halogens is 1. The monoisotopic (exact) mass is 336 g/mol. The second-order valence-electron chi connectivity index (χ2n) is 5.38. The van der Waals surface area contributed by atoms with E-state index in [1.807, 2.05) is 30.3 Å². The van der Waals surface area contributed by atoms with E-state index in [0.717, 1.165) is 5.69 Å². The quantitative estimate of drug-likeness (QED) is 0.724. The number of para-hydroxylation sites is 1. The van der Waals surface area contributed by atoms with Gasteiger partial charge in [0.2, 0.25) is 5.95 Å². The second-order valence-corrected chi connectivity index (χ2v) is 5.38. The molecule has 0 saturated carbocycles. The third-order valence-electron chi connectivity index (χ3n) is 3.58. The van der Waals surface area contributed by atoms with Crippen LogP contribution in [0, 0.1) is 5.82 Å². The van der Waals surface area contributed by atoms with E-state index in [1.54, 1.807) is 18.2 Å². The molecule has 5 nitrogen and oxygen atoms in total. The van der Waals surface area contributed by atoms with Gasteiger partial charge < -0.3 is 10.6 Å². The SMILES string of the molecule is O=C(NCCc1ccccc1F)c1cnc(Nc2ccccc2)nc1. The summed E-state index contributed by atoms with van der Waals surface area (Å²) in [6.07, 6.45) is 3.33. The third-order valence-corrected chi connectivity index (χ3v) is 3.58. The zero-order valence-corrected chi connectivity index (χ0v) is 13.4. The van der Waals surface area contributed by atoms with Gasteiger partial charge in [-0.25, -0.2) is 14.4 Å². The van der Waals surface area contributed by atoms with Crippen molar-refractivity contribution >= 4 is 17.5 Å². The van der Waals surface area contributed by atoms with Crippen LogP contribution in [0.15, 0.2) is 67.0 Å². The maximum atomic E-state index is 13.5. The average Bonchev–Trinajstić information content (AvgIpc) is 2.65. The van der Waals surface area contributed by atoms with Gasteiger partial charge >= 0.3 is 0 Å². The van der Waals surface area contributed by atoms with Crippen molar-refractivity contribution in [2.24, 2.45) is 0 Å². The molecule has 6 heteroatoms. The zero-order chi connectivity index (χ0) is 17.5. The van der Waals surface area contributed by atoms with Crippen LogP contribution in [-0.4, -0.2) is 22.4 Å². The van der Waals surface area contributed by atoms with E-state index in [9.17, 15) is 9.18 Å². The Morgan fingerprint density at radius 2 is 1.64 bits per heavy atom. The number of anilines is 2. The minimum absolute atomic E-state index is 0.267. The molecule has 0 atom stereocenters. The Kier molecular flexibility index (Phi) is 5.31. The largest absolute Gasteiger partial charge is 0.352 e. The number of carbonyl (C=O) groups is 1. The first-order valence-corrected chi connectivity index (χ1v) is 7.88. The van der Waals surface area contributed by atoms with Crippen LogP contribution in [0.2, 0.25) is 0 Å². The average molecular weight is 336 g/mol.